The summed E-state index contributed by atoms with van der Waals surface area (Å²) in [6, 6.07) is 22.9. The van der Waals surface area contributed by atoms with Crippen molar-refractivity contribution in [3.05, 3.63) is 125 Å². The molecule has 4 aromatic rings. The fourth-order valence-corrected chi connectivity index (χ4v) is 6.66. The largest absolute Gasteiger partial charge is 0.490 e. The zero-order chi connectivity index (χ0) is 38.1. The second kappa shape index (κ2) is 17.3. The average Bonchev–Trinajstić information content (AvgIpc) is 3.11. The summed E-state index contributed by atoms with van der Waals surface area (Å²) in [6.07, 6.45) is 2.07. The lowest BCUT2D eigenvalue weighted by atomic mass is 9.81. The minimum Gasteiger partial charge on any atom is -0.490 e. The Bertz CT molecular complexity index is 2030. The number of carboxylic acid groups (broad SMARTS) is 1. The maximum Gasteiger partial charge on any atom is 0.354 e. The molecular formula is C39H46N4O8S. The van der Waals surface area contributed by atoms with Gasteiger partial charge in [0.2, 0.25) is 10.0 Å². The number of methoxy groups -OCH3 is 1. The topological polar surface area (TPSA) is 179 Å². The molecule has 3 aromatic carbocycles. The van der Waals surface area contributed by atoms with Gasteiger partial charge in [0.15, 0.2) is 0 Å². The quantitative estimate of drug-likeness (QED) is 0.0956. The number of hydrogen-bond acceptors (Lipinski definition) is 10. The molecule has 0 aliphatic heterocycles. The molecule has 52 heavy (non-hydrogen) atoms. The van der Waals surface area contributed by atoms with Crippen LogP contribution in [0.3, 0.4) is 0 Å². The highest BCUT2D eigenvalue weighted by molar-refractivity contribution is 7.89. The van der Waals surface area contributed by atoms with Crippen molar-refractivity contribution in [2.45, 2.75) is 64.8 Å². The maximum absolute atomic E-state index is 13.4. The fourth-order valence-electron chi connectivity index (χ4n) is 5.52. The van der Waals surface area contributed by atoms with Crippen LogP contribution in [0.4, 0.5) is 0 Å². The normalized spacial score (nSPS) is 12.7. The van der Waals surface area contributed by atoms with Crippen molar-refractivity contribution >= 4 is 22.0 Å². The number of nitrogens with one attached hydrogen (secondary N) is 2. The second-order valence-electron chi connectivity index (χ2n) is 13.1. The highest BCUT2D eigenvalue weighted by Crippen LogP contribution is 2.39. The molecular weight excluding hydrogens is 685 g/mol. The molecule has 1 heterocycles. The van der Waals surface area contributed by atoms with E-state index in [0.717, 1.165) is 22.3 Å². The van der Waals surface area contributed by atoms with Gasteiger partial charge in [0.05, 0.1) is 37.0 Å². The second-order valence-corrected chi connectivity index (χ2v) is 14.8. The SMILES string of the molecule is COC(=O)C(C)(C)C(OC/C(N)=C/NCc1cccc(-c2ccnc(C(=O)O)c2)c1)c1ccc(C)c(CNS(=O)(=O)c2ccccc2OC(C)C)c1. The standard InChI is InChI=1S/C39H46N4O8S/c1-25(2)51-34-12-7-8-13-35(34)52(47,48)43-22-31-19-30(15-14-26(31)3)36(39(4,5)38(46)49-6)50-24-32(40)23-41-21-27-10-9-11-28(18-27)29-16-17-42-33(20-29)37(44)45/h7-20,23,25,36,41,43H,21-22,24,40H2,1-6H3,(H,44,45)/b32-23-. The monoisotopic (exact) mass is 730 g/mol. The predicted molar refractivity (Wildman–Crippen MR) is 198 cm³/mol. The number of esters is 1. The van der Waals surface area contributed by atoms with Gasteiger partial charge in [0.1, 0.15) is 16.3 Å². The zero-order valence-electron chi connectivity index (χ0n) is 30.2. The number of aromatic carboxylic acids is 1. The molecule has 1 aromatic heterocycles. The van der Waals surface area contributed by atoms with Gasteiger partial charge in [-0.1, -0.05) is 48.5 Å². The van der Waals surface area contributed by atoms with E-state index in [2.05, 4.69) is 15.0 Å². The van der Waals surface area contributed by atoms with Crippen LogP contribution >= 0.6 is 0 Å². The molecule has 0 aliphatic carbocycles. The molecule has 276 valence electrons. The lowest BCUT2D eigenvalue weighted by Gasteiger charge is -2.32. The molecule has 4 rings (SSSR count). The number of nitrogens with two attached hydrogens (primary N) is 1. The lowest BCUT2D eigenvalue weighted by Crippen LogP contribution is -2.35. The van der Waals surface area contributed by atoms with E-state index in [0.29, 0.717) is 23.4 Å². The van der Waals surface area contributed by atoms with E-state index < -0.39 is 33.5 Å². The van der Waals surface area contributed by atoms with Crippen LogP contribution in [0.1, 0.15) is 66.5 Å². The van der Waals surface area contributed by atoms with Crippen molar-refractivity contribution in [1.82, 2.24) is 15.0 Å². The van der Waals surface area contributed by atoms with Gasteiger partial charge in [0.25, 0.3) is 0 Å². The maximum atomic E-state index is 13.4. The van der Waals surface area contributed by atoms with E-state index in [1.807, 2.05) is 63.2 Å². The number of rotatable bonds is 17. The average molecular weight is 731 g/mol. The van der Waals surface area contributed by atoms with Crippen molar-refractivity contribution in [3.8, 4) is 16.9 Å². The van der Waals surface area contributed by atoms with Gasteiger partial charge in [0, 0.05) is 25.5 Å². The molecule has 0 aliphatic rings. The highest BCUT2D eigenvalue weighted by atomic mass is 32.2. The van der Waals surface area contributed by atoms with E-state index in [4.69, 9.17) is 19.9 Å². The van der Waals surface area contributed by atoms with Crippen LogP contribution in [0.5, 0.6) is 5.75 Å². The van der Waals surface area contributed by atoms with Crippen molar-refractivity contribution < 1.29 is 37.3 Å². The Hall–Kier alpha value is -5.24. The van der Waals surface area contributed by atoms with Crippen molar-refractivity contribution in [2.24, 2.45) is 11.1 Å². The molecule has 0 amide bonds. The predicted octanol–water partition coefficient (Wildman–Crippen LogP) is 5.87. The van der Waals surface area contributed by atoms with Gasteiger partial charge in [-0.3, -0.25) is 4.79 Å². The first-order valence-electron chi connectivity index (χ1n) is 16.6. The van der Waals surface area contributed by atoms with Gasteiger partial charge < -0.3 is 30.4 Å². The summed E-state index contributed by atoms with van der Waals surface area (Å²) in [4.78, 5) is 28.3. The van der Waals surface area contributed by atoms with Crippen molar-refractivity contribution in [3.63, 3.8) is 0 Å². The molecule has 1 unspecified atom stereocenters. The number of sulfonamides is 1. The summed E-state index contributed by atoms with van der Waals surface area (Å²) in [7, 11) is -2.63. The molecule has 0 spiro atoms. The van der Waals surface area contributed by atoms with Crippen LogP contribution in [0.25, 0.3) is 11.1 Å². The molecule has 13 heteroatoms. The van der Waals surface area contributed by atoms with E-state index >= 15 is 0 Å². The third-order valence-electron chi connectivity index (χ3n) is 8.25. The number of pyridine rings is 1. The van der Waals surface area contributed by atoms with Crippen LogP contribution in [0, 0.1) is 12.3 Å². The van der Waals surface area contributed by atoms with Crippen LogP contribution in [0.2, 0.25) is 0 Å². The van der Waals surface area contributed by atoms with E-state index in [1.165, 1.54) is 25.4 Å². The van der Waals surface area contributed by atoms with Gasteiger partial charge >= 0.3 is 11.9 Å². The number of carbonyl (C=O) groups excluding carboxylic acids is 1. The van der Waals surface area contributed by atoms with Gasteiger partial charge in [-0.2, -0.15) is 0 Å². The van der Waals surface area contributed by atoms with Crippen LogP contribution in [0.15, 0.2) is 102 Å². The molecule has 12 nitrogen and oxygen atoms in total. The smallest absolute Gasteiger partial charge is 0.354 e. The molecule has 1 atom stereocenters. The van der Waals surface area contributed by atoms with Crippen LogP contribution in [-0.4, -0.2) is 50.3 Å². The number of carbonyl (C=O) groups is 2. The number of carboxylic acids is 1. The van der Waals surface area contributed by atoms with Crippen LogP contribution < -0.4 is 20.5 Å². The number of aromatic nitrogens is 1. The fraction of sp³-hybridized carbons (Fsp3) is 0.308. The Morgan fingerprint density at radius 2 is 1.71 bits per heavy atom. The number of ether oxygens (including phenoxy) is 3. The Labute approximate surface area is 305 Å². The lowest BCUT2D eigenvalue weighted by molar-refractivity contribution is -0.160. The summed E-state index contributed by atoms with van der Waals surface area (Å²) < 4.78 is 46.6. The molecule has 0 fully saturated rings. The zero-order valence-corrected chi connectivity index (χ0v) is 31.0. The van der Waals surface area contributed by atoms with E-state index in [-0.39, 0.29) is 35.6 Å². The van der Waals surface area contributed by atoms with Gasteiger partial charge in [-0.05, 0) is 98.3 Å². The Morgan fingerprint density at radius 3 is 2.42 bits per heavy atom. The van der Waals surface area contributed by atoms with E-state index in [1.54, 1.807) is 44.3 Å². The molecule has 0 saturated heterocycles. The minimum atomic E-state index is -3.94. The number of aryl methyl sites for hydroxylation is 1. The summed E-state index contributed by atoms with van der Waals surface area (Å²) in [5.41, 5.74) is 10.2. The van der Waals surface area contributed by atoms with Gasteiger partial charge in [-0.15, -0.1) is 0 Å². The summed E-state index contributed by atoms with van der Waals surface area (Å²) in [5.74, 6) is -1.33. The molecule has 0 radical (unpaired) electrons. The first kappa shape index (κ1) is 39.5. The molecule has 0 bridgehead atoms. The Morgan fingerprint density at radius 1 is 0.981 bits per heavy atom. The third kappa shape index (κ3) is 10.2. The van der Waals surface area contributed by atoms with E-state index in [9.17, 15) is 23.1 Å². The summed E-state index contributed by atoms with van der Waals surface area (Å²) >= 11 is 0. The number of nitrogens with zero attached hydrogens (tertiary/aromatic N) is 1. The first-order chi connectivity index (χ1) is 24.6. The van der Waals surface area contributed by atoms with Crippen molar-refractivity contribution in [1.29, 1.82) is 0 Å². The Kier molecular flexibility index (Phi) is 13.2. The minimum absolute atomic E-state index is 0.0154. The number of benzene rings is 3. The Balaban J connectivity index is 1.48. The number of hydrogen-bond donors (Lipinski definition) is 4. The molecule has 0 saturated carbocycles. The van der Waals surface area contributed by atoms with Crippen LogP contribution in [-0.2, 0) is 37.4 Å². The first-order valence-corrected chi connectivity index (χ1v) is 18.1. The highest BCUT2D eigenvalue weighted by Gasteiger charge is 2.40. The third-order valence-corrected chi connectivity index (χ3v) is 9.69. The summed E-state index contributed by atoms with van der Waals surface area (Å²) in [6.45, 7) is 9.33. The summed E-state index contributed by atoms with van der Waals surface area (Å²) in [5, 5.41) is 12.5. The van der Waals surface area contributed by atoms with Gasteiger partial charge in [-0.25, -0.2) is 22.9 Å². The molecule has 5 N–H and O–H groups in total. The number of para-hydroxylation sites is 1. The van der Waals surface area contributed by atoms with Crippen molar-refractivity contribution in [2.75, 3.05) is 13.7 Å².